The van der Waals surface area contributed by atoms with Gasteiger partial charge in [0.1, 0.15) is 5.54 Å². The van der Waals surface area contributed by atoms with E-state index in [0.29, 0.717) is 12.5 Å². The highest BCUT2D eigenvalue weighted by Crippen LogP contribution is 2.26. The van der Waals surface area contributed by atoms with Gasteiger partial charge in [-0.1, -0.05) is 6.07 Å². The van der Waals surface area contributed by atoms with Crippen molar-refractivity contribution < 1.29 is 9.13 Å². The summed E-state index contributed by atoms with van der Waals surface area (Å²) in [6.45, 7) is 5.63. The highest BCUT2D eigenvalue weighted by Gasteiger charge is 2.34. The first-order chi connectivity index (χ1) is 9.42. The molecule has 1 aliphatic carbocycles. The van der Waals surface area contributed by atoms with Crippen LogP contribution in [0.1, 0.15) is 38.7 Å². The molecule has 1 aliphatic rings. The number of halogens is 1. The van der Waals surface area contributed by atoms with Crippen molar-refractivity contribution in [1.82, 2.24) is 5.32 Å². The fraction of sp³-hybridized carbons (Fsp3) is 0.562. The third-order valence-corrected chi connectivity index (χ3v) is 3.46. The van der Waals surface area contributed by atoms with Gasteiger partial charge < -0.3 is 4.74 Å². The van der Waals surface area contributed by atoms with Crippen LogP contribution in [0, 0.1) is 24.1 Å². The smallest absolute Gasteiger partial charge is 0.165 e. The molecule has 0 spiro atoms. The molecule has 0 aromatic heterocycles. The van der Waals surface area contributed by atoms with Crippen LogP contribution in [0.15, 0.2) is 18.2 Å². The lowest BCUT2D eigenvalue weighted by molar-refractivity contribution is 0.172. The average Bonchev–Trinajstić information content (AvgIpc) is 3.17. The second-order valence-corrected chi connectivity index (χ2v) is 5.93. The molecule has 0 aliphatic heterocycles. The highest BCUT2D eigenvalue weighted by molar-refractivity contribution is 5.29. The zero-order valence-corrected chi connectivity index (χ0v) is 12.2. The molecule has 108 valence electrons. The number of hydrogen-bond acceptors (Lipinski definition) is 3. The van der Waals surface area contributed by atoms with Crippen LogP contribution in [-0.2, 0) is 0 Å². The van der Waals surface area contributed by atoms with Crippen LogP contribution in [-0.4, -0.2) is 17.7 Å². The van der Waals surface area contributed by atoms with Crippen LogP contribution in [0.5, 0.6) is 5.75 Å². The Bertz CT molecular complexity index is 522. The quantitative estimate of drug-likeness (QED) is 0.867. The Morgan fingerprint density at radius 1 is 1.55 bits per heavy atom. The number of nitrogens with one attached hydrogen (secondary N) is 1. The number of rotatable bonds is 6. The molecule has 0 saturated heterocycles. The average molecular weight is 276 g/mol. The van der Waals surface area contributed by atoms with Gasteiger partial charge in [0.05, 0.1) is 12.2 Å². The Morgan fingerprint density at radius 3 is 2.85 bits per heavy atom. The van der Waals surface area contributed by atoms with E-state index in [1.807, 2.05) is 20.8 Å². The molecule has 1 saturated carbocycles. The van der Waals surface area contributed by atoms with Gasteiger partial charge in [-0.25, -0.2) is 4.39 Å². The monoisotopic (exact) mass is 276 g/mol. The summed E-state index contributed by atoms with van der Waals surface area (Å²) in [4.78, 5) is 0. The lowest BCUT2D eigenvalue weighted by Gasteiger charge is -2.27. The Morgan fingerprint density at radius 2 is 2.25 bits per heavy atom. The van der Waals surface area contributed by atoms with E-state index in [1.54, 1.807) is 12.1 Å². The second kappa shape index (κ2) is 5.80. The number of benzene rings is 1. The van der Waals surface area contributed by atoms with Gasteiger partial charge in [0.25, 0.3) is 0 Å². The number of hydrogen-bond donors (Lipinski definition) is 1. The third kappa shape index (κ3) is 3.94. The summed E-state index contributed by atoms with van der Waals surface area (Å²) in [6, 6.07) is 7.55. The molecule has 0 amide bonds. The van der Waals surface area contributed by atoms with Crippen molar-refractivity contribution in [2.75, 3.05) is 0 Å². The van der Waals surface area contributed by atoms with E-state index in [0.717, 1.165) is 18.4 Å². The van der Waals surface area contributed by atoms with Gasteiger partial charge in [0.2, 0.25) is 0 Å². The zero-order valence-electron chi connectivity index (χ0n) is 12.2. The van der Waals surface area contributed by atoms with Gasteiger partial charge in [-0.2, -0.15) is 5.26 Å². The molecule has 0 bridgehead atoms. The molecule has 0 radical (unpaired) electrons. The molecule has 2 atom stereocenters. The summed E-state index contributed by atoms with van der Waals surface area (Å²) >= 11 is 0. The number of ether oxygens (including phenoxy) is 1. The Hall–Kier alpha value is -1.60. The lowest BCUT2D eigenvalue weighted by Crippen LogP contribution is -2.45. The minimum atomic E-state index is -0.624. The molecule has 20 heavy (non-hydrogen) atoms. The first kappa shape index (κ1) is 14.8. The van der Waals surface area contributed by atoms with E-state index in [9.17, 15) is 9.65 Å². The molecule has 2 rings (SSSR count). The summed E-state index contributed by atoms with van der Waals surface area (Å²) in [6.07, 6.45) is 2.54. The van der Waals surface area contributed by atoms with Crippen molar-refractivity contribution in [1.29, 1.82) is 5.26 Å². The molecule has 4 heteroatoms. The van der Waals surface area contributed by atoms with Gasteiger partial charge in [0, 0.05) is 12.5 Å². The molecule has 1 fully saturated rings. The predicted molar refractivity (Wildman–Crippen MR) is 76.0 cm³/mol. The number of nitriles is 1. The summed E-state index contributed by atoms with van der Waals surface area (Å²) in [5, 5.41) is 12.7. The van der Waals surface area contributed by atoms with Crippen molar-refractivity contribution in [2.45, 2.75) is 57.7 Å². The van der Waals surface area contributed by atoms with Gasteiger partial charge >= 0.3 is 0 Å². The van der Waals surface area contributed by atoms with Crippen LogP contribution in [0.3, 0.4) is 0 Å². The third-order valence-electron chi connectivity index (χ3n) is 3.46. The fourth-order valence-electron chi connectivity index (χ4n) is 2.35. The largest absolute Gasteiger partial charge is 0.488 e. The normalized spacial score (nSPS) is 18.9. The minimum absolute atomic E-state index is 0.234. The van der Waals surface area contributed by atoms with Crippen LogP contribution >= 0.6 is 0 Å². The van der Waals surface area contributed by atoms with E-state index >= 15 is 0 Å². The minimum Gasteiger partial charge on any atom is -0.488 e. The molecule has 3 nitrogen and oxygen atoms in total. The number of nitrogens with zero attached hydrogens (tertiary/aromatic N) is 1. The van der Waals surface area contributed by atoms with Crippen LogP contribution in [0.25, 0.3) is 0 Å². The summed E-state index contributed by atoms with van der Waals surface area (Å²) in [7, 11) is 0. The van der Waals surface area contributed by atoms with E-state index < -0.39 is 5.54 Å². The van der Waals surface area contributed by atoms with Crippen molar-refractivity contribution in [3.8, 4) is 11.8 Å². The van der Waals surface area contributed by atoms with Crippen molar-refractivity contribution in [3.05, 3.63) is 29.6 Å². The Balaban J connectivity index is 1.98. The predicted octanol–water partition coefficient (Wildman–Crippen LogP) is 3.33. The summed E-state index contributed by atoms with van der Waals surface area (Å²) in [5.74, 6) is -0.111. The van der Waals surface area contributed by atoms with Crippen LogP contribution in [0.2, 0.25) is 0 Å². The fourth-order valence-corrected chi connectivity index (χ4v) is 2.35. The zero-order chi connectivity index (χ0) is 14.8. The molecular formula is C16H21FN2O. The van der Waals surface area contributed by atoms with Crippen molar-refractivity contribution in [3.63, 3.8) is 0 Å². The molecule has 1 N–H and O–H groups in total. The van der Waals surface area contributed by atoms with Crippen molar-refractivity contribution >= 4 is 0 Å². The highest BCUT2D eigenvalue weighted by atomic mass is 19.1. The first-order valence-electron chi connectivity index (χ1n) is 7.03. The van der Waals surface area contributed by atoms with E-state index in [2.05, 4.69) is 11.4 Å². The standard InChI is InChI=1S/C16H21FN2O/c1-11-4-7-14(17)15(8-11)20-12(2)9-16(3,10-18)19-13-5-6-13/h4,7-8,12-13,19H,5-6,9H2,1-3H3. The van der Waals surface area contributed by atoms with Crippen LogP contribution in [0.4, 0.5) is 4.39 Å². The van der Waals surface area contributed by atoms with Gasteiger partial charge in [0.15, 0.2) is 11.6 Å². The first-order valence-corrected chi connectivity index (χ1v) is 7.03. The molecule has 2 unspecified atom stereocenters. The van der Waals surface area contributed by atoms with Crippen LogP contribution < -0.4 is 10.1 Å². The maximum absolute atomic E-state index is 13.7. The Kier molecular flexibility index (Phi) is 4.29. The summed E-state index contributed by atoms with van der Waals surface area (Å²) in [5.41, 5.74) is 0.327. The maximum Gasteiger partial charge on any atom is 0.165 e. The van der Waals surface area contributed by atoms with Crippen molar-refractivity contribution in [2.24, 2.45) is 0 Å². The topological polar surface area (TPSA) is 45.0 Å². The SMILES string of the molecule is Cc1ccc(F)c(OC(C)CC(C)(C#N)NC2CC2)c1. The van der Waals surface area contributed by atoms with Gasteiger partial charge in [-0.3, -0.25) is 5.32 Å². The molecular weight excluding hydrogens is 255 g/mol. The summed E-state index contributed by atoms with van der Waals surface area (Å²) < 4.78 is 19.3. The molecule has 0 heterocycles. The molecule has 1 aromatic rings. The van der Waals surface area contributed by atoms with Gasteiger partial charge in [-0.05, 0) is 51.3 Å². The van der Waals surface area contributed by atoms with E-state index in [-0.39, 0.29) is 17.7 Å². The molecule has 1 aromatic carbocycles. The van der Waals surface area contributed by atoms with E-state index in [1.165, 1.54) is 6.07 Å². The second-order valence-electron chi connectivity index (χ2n) is 5.93. The van der Waals surface area contributed by atoms with E-state index in [4.69, 9.17) is 4.74 Å². The number of aryl methyl sites for hydroxylation is 1. The maximum atomic E-state index is 13.7. The van der Waals surface area contributed by atoms with Gasteiger partial charge in [-0.15, -0.1) is 0 Å². The Labute approximate surface area is 119 Å². The lowest BCUT2D eigenvalue weighted by atomic mass is 9.96.